The molecule has 0 radical (unpaired) electrons. The number of oxazole rings is 1. The van der Waals surface area contributed by atoms with Crippen LogP contribution in [0, 0.1) is 6.92 Å². The number of rotatable bonds is 2. The van der Waals surface area contributed by atoms with Gasteiger partial charge in [0, 0.05) is 0 Å². The molecule has 0 fully saturated rings. The fourth-order valence-corrected chi connectivity index (χ4v) is 0.669. The lowest BCUT2D eigenvalue weighted by molar-refractivity contribution is -0.159. The van der Waals surface area contributed by atoms with Crippen molar-refractivity contribution in [1.29, 1.82) is 0 Å². The number of hydrogen-bond donors (Lipinski definition) is 2. The van der Waals surface area contributed by atoms with Gasteiger partial charge in [0.25, 0.3) is 0 Å². The fraction of sp³-hybridized carbons (Fsp3) is 0.429. The van der Waals surface area contributed by atoms with Gasteiger partial charge in [0.1, 0.15) is 6.26 Å². The van der Waals surface area contributed by atoms with Crippen molar-refractivity contribution in [3.05, 3.63) is 17.8 Å². The molecule has 5 heteroatoms. The van der Waals surface area contributed by atoms with Crippen LogP contribution in [0.25, 0.3) is 0 Å². The maximum Gasteiger partial charge on any atom is 0.345 e. The van der Waals surface area contributed by atoms with E-state index in [1.54, 1.807) is 6.92 Å². The van der Waals surface area contributed by atoms with Gasteiger partial charge in [-0.05, 0) is 13.8 Å². The molecule has 0 aliphatic carbocycles. The molecular weight excluding hydrogens is 162 g/mol. The predicted molar refractivity (Wildman–Crippen MR) is 38.4 cm³/mol. The zero-order valence-corrected chi connectivity index (χ0v) is 6.74. The van der Waals surface area contributed by atoms with Crippen LogP contribution in [0.5, 0.6) is 0 Å². The summed E-state index contributed by atoms with van der Waals surface area (Å²) in [5.74, 6) is -1.59. The third kappa shape index (κ3) is 1.31. The van der Waals surface area contributed by atoms with Crippen molar-refractivity contribution in [2.75, 3.05) is 0 Å². The quantitative estimate of drug-likeness (QED) is 0.667. The lowest BCUT2D eigenvalue weighted by Gasteiger charge is -2.12. The number of aromatic nitrogens is 1. The van der Waals surface area contributed by atoms with Crippen LogP contribution in [-0.2, 0) is 10.4 Å². The Morgan fingerprint density at radius 2 is 2.33 bits per heavy atom. The Bertz CT molecular complexity index is 302. The molecule has 0 aliphatic rings. The van der Waals surface area contributed by atoms with Gasteiger partial charge in [-0.2, -0.15) is 0 Å². The highest BCUT2D eigenvalue weighted by Crippen LogP contribution is 2.19. The summed E-state index contributed by atoms with van der Waals surface area (Å²) in [6.45, 7) is 2.76. The van der Waals surface area contributed by atoms with Crippen LogP contribution in [0.1, 0.15) is 18.5 Å². The van der Waals surface area contributed by atoms with Crippen molar-refractivity contribution in [3.63, 3.8) is 0 Å². The van der Waals surface area contributed by atoms with E-state index in [-0.39, 0.29) is 5.89 Å². The smallest absolute Gasteiger partial charge is 0.345 e. The van der Waals surface area contributed by atoms with E-state index in [9.17, 15) is 9.90 Å². The van der Waals surface area contributed by atoms with E-state index in [0.717, 1.165) is 6.92 Å². The monoisotopic (exact) mass is 171 g/mol. The lowest BCUT2D eigenvalue weighted by atomic mass is 10.1. The van der Waals surface area contributed by atoms with E-state index in [1.807, 2.05) is 0 Å². The molecule has 0 saturated heterocycles. The minimum Gasteiger partial charge on any atom is -0.479 e. The van der Waals surface area contributed by atoms with Gasteiger partial charge >= 0.3 is 5.97 Å². The van der Waals surface area contributed by atoms with Gasteiger partial charge in [-0.3, -0.25) is 0 Å². The zero-order valence-electron chi connectivity index (χ0n) is 6.74. The molecule has 66 valence electrons. The van der Waals surface area contributed by atoms with Gasteiger partial charge in [0.2, 0.25) is 11.5 Å². The second-order valence-corrected chi connectivity index (χ2v) is 2.67. The van der Waals surface area contributed by atoms with Crippen molar-refractivity contribution in [3.8, 4) is 0 Å². The third-order valence-electron chi connectivity index (χ3n) is 1.45. The van der Waals surface area contributed by atoms with Crippen LogP contribution >= 0.6 is 0 Å². The lowest BCUT2D eigenvalue weighted by Crippen LogP contribution is -2.32. The Balaban J connectivity index is 3.05. The molecule has 0 aliphatic heterocycles. The molecule has 1 heterocycles. The van der Waals surface area contributed by atoms with E-state index in [1.165, 1.54) is 6.26 Å². The Labute approximate surface area is 68.7 Å². The van der Waals surface area contributed by atoms with E-state index < -0.39 is 11.6 Å². The topological polar surface area (TPSA) is 83.6 Å². The number of carbonyl (C=O) groups is 1. The van der Waals surface area contributed by atoms with Crippen LogP contribution < -0.4 is 0 Å². The van der Waals surface area contributed by atoms with Gasteiger partial charge in [-0.15, -0.1) is 0 Å². The summed E-state index contributed by atoms with van der Waals surface area (Å²) in [4.78, 5) is 14.2. The van der Waals surface area contributed by atoms with Gasteiger partial charge in [0.15, 0.2) is 0 Å². The first-order valence-corrected chi connectivity index (χ1v) is 3.33. The standard InChI is InChI=1S/C7H9NO4/c1-4-3-12-5(8-4)7(2,11)6(9)10/h3,11H,1-2H3,(H,9,10). The highest BCUT2D eigenvalue weighted by Gasteiger charge is 2.37. The van der Waals surface area contributed by atoms with Crippen LogP contribution in [0.15, 0.2) is 10.7 Å². The second kappa shape index (κ2) is 2.60. The summed E-state index contributed by atoms with van der Waals surface area (Å²) in [6.07, 6.45) is 1.28. The first kappa shape index (κ1) is 8.73. The number of carboxylic acid groups (broad SMARTS) is 1. The molecule has 1 unspecified atom stereocenters. The number of carboxylic acids is 1. The molecule has 0 saturated carbocycles. The van der Waals surface area contributed by atoms with E-state index in [2.05, 4.69) is 4.98 Å². The zero-order chi connectivity index (χ0) is 9.35. The predicted octanol–water partition coefficient (Wildman–Crippen LogP) is 0.275. The molecule has 2 N–H and O–H groups in total. The highest BCUT2D eigenvalue weighted by atomic mass is 16.4. The maximum atomic E-state index is 10.5. The van der Waals surface area contributed by atoms with E-state index in [0.29, 0.717) is 5.69 Å². The summed E-state index contributed by atoms with van der Waals surface area (Å²) >= 11 is 0. The molecule has 1 aromatic rings. The first-order chi connectivity index (χ1) is 5.44. The minimum absolute atomic E-state index is 0.201. The molecular formula is C7H9NO4. The SMILES string of the molecule is Cc1coc(C(C)(O)C(=O)O)n1. The Hall–Kier alpha value is -1.36. The molecule has 1 atom stereocenters. The third-order valence-corrected chi connectivity index (χ3v) is 1.45. The summed E-state index contributed by atoms with van der Waals surface area (Å²) in [5.41, 5.74) is -1.51. The van der Waals surface area contributed by atoms with Crippen molar-refractivity contribution >= 4 is 5.97 Å². The number of aryl methyl sites for hydroxylation is 1. The largest absolute Gasteiger partial charge is 0.479 e. The fourth-order valence-electron chi connectivity index (χ4n) is 0.669. The molecule has 0 spiro atoms. The summed E-state index contributed by atoms with van der Waals surface area (Å²) in [7, 11) is 0. The maximum absolute atomic E-state index is 10.5. The molecule has 0 aromatic carbocycles. The van der Waals surface area contributed by atoms with Crippen LogP contribution in [0.4, 0.5) is 0 Å². The highest BCUT2D eigenvalue weighted by molar-refractivity contribution is 5.76. The molecule has 1 aromatic heterocycles. The second-order valence-electron chi connectivity index (χ2n) is 2.67. The van der Waals surface area contributed by atoms with Crippen LogP contribution in [0.2, 0.25) is 0 Å². The van der Waals surface area contributed by atoms with Gasteiger partial charge in [0.05, 0.1) is 5.69 Å². The number of nitrogens with zero attached hydrogens (tertiary/aromatic N) is 1. The van der Waals surface area contributed by atoms with Crippen molar-refractivity contribution in [2.45, 2.75) is 19.4 Å². The molecule has 1 rings (SSSR count). The van der Waals surface area contributed by atoms with Crippen molar-refractivity contribution < 1.29 is 19.4 Å². The van der Waals surface area contributed by atoms with E-state index >= 15 is 0 Å². The average Bonchev–Trinajstić information content (AvgIpc) is 2.35. The number of hydrogen-bond acceptors (Lipinski definition) is 4. The summed E-state index contributed by atoms with van der Waals surface area (Å²) in [6, 6.07) is 0. The van der Waals surface area contributed by atoms with Gasteiger partial charge in [-0.1, -0.05) is 0 Å². The summed E-state index contributed by atoms with van der Waals surface area (Å²) in [5, 5.41) is 17.9. The van der Waals surface area contributed by atoms with Gasteiger partial charge < -0.3 is 14.6 Å². The normalized spacial score (nSPS) is 15.6. The van der Waals surface area contributed by atoms with Gasteiger partial charge in [-0.25, -0.2) is 9.78 Å². The first-order valence-electron chi connectivity index (χ1n) is 3.33. The van der Waals surface area contributed by atoms with Crippen LogP contribution in [-0.4, -0.2) is 21.2 Å². The molecule has 5 nitrogen and oxygen atoms in total. The molecule has 12 heavy (non-hydrogen) atoms. The summed E-state index contributed by atoms with van der Waals surface area (Å²) < 4.78 is 4.75. The Kier molecular flexibility index (Phi) is 1.89. The van der Waals surface area contributed by atoms with Crippen molar-refractivity contribution in [1.82, 2.24) is 4.98 Å². The number of aliphatic carboxylic acids is 1. The van der Waals surface area contributed by atoms with Crippen molar-refractivity contribution in [2.24, 2.45) is 0 Å². The Morgan fingerprint density at radius 1 is 1.75 bits per heavy atom. The number of aliphatic hydroxyl groups is 1. The van der Waals surface area contributed by atoms with Crippen LogP contribution in [0.3, 0.4) is 0 Å². The average molecular weight is 171 g/mol. The minimum atomic E-state index is -2.05. The Morgan fingerprint density at radius 3 is 2.67 bits per heavy atom. The van der Waals surface area contributed by atoms with E-state index in [4.69, 9.17) is 9.52 Å². The molecule has 0 amide bonds. The molecule has 0 bridgehead atoms.